The van der Waals surface area contributed by atoms with Gasteiger partial charge in [0.05, 0.1) is 11.7 Å². The first-order valence-corrected chi connectivity index (χ1v) is 10.00. The fourth-order valence-electron chi connectivity index (χ4n) is 3.87. The molecule has 2 aromatic heterocycles. The van der Waals surface area contributed by atoms with Crippen LogP contribution in [-0.2, 0) is 0 Å². The van der Waals surface area contributed by atoms with Crippen LogP contribution in [0.2, 0.25) is 0 Å². The third-order valence-corrected chi connectivity index (χ3v) is 5.28. The Morgan fingerprint density at radius 1 is 1.07 bits per heavy atom. The number of rotatable bonds is 5. The molecule has 1 aromatic carbocycles. The fraction of sp³-hybridized carbons (Fsp3) is 0.348. The van der Waals surface area contributed by atoms with E-state index in [9.17, 15) is 0 Å². The molecule has 2 atom stereocenters. The second kappa shape index (κ2) is 8.38. The van der Waals surface area contributed by atoms with Crippen LogP contribution in [0.3, 0.4) is 0 Å². The molecule has 0 spiro atoms. The normalized spacial score (nSPS) is 17.9. The lowest BCUT2D eigenvalue weighted by Crippen LogP contribution is -2.34. The number of pyridine rings is 1. The number of hydrogen-bond acceptors (Lipinski definition) is 5. The van der Waals surface area contributed by atoms with E-state index in [4.69, 9.17) is 0 Å². The van der Waals surface area contributed by atoms with Crippen molar-refractivity contribution in [2.45, 2.75) is 32.7 Å². The summed E-state index contributed by atoms with van der Waals surface area (Å²) in [7, 11) is 0. The van der Waals surface area contributed by atoms with Crippen LogP contribution in [0.5, 0.6) is 0 Å². The SMILES string of the molecule is Cc1cccc(C(Nc2cc(N3CCCC(C)C3)ncn2)c2ccccn2)c1. The molecule has 0 bridgehead atoms. The Balaban J connectivity index is 1.63. The standard InChI is InChI=1S/C23H27N5/c1-17-7-5-9-19(13-17)23(20-10-3-4-11-24-20)27-21-14-22(26-16-25-21)28-12-6-8-18(2)15-28/h3-5,7,9-11,13-14,16,18,23H,6,8,12,15H2,1-2H3,(H,25,26,27). The molecule has 4 rings (SSSR count). The first kappa shape index (κ1) is 18.4. The van der Waals surface area contributed by atoms with Crippen molar-refractivity contribution in [3.63, 3.8) is 0 Å². The lowest BCUT2D eigenvalue weighted by atomic mass is 10.0. The van der Waals surface area contributed by atoms with E-state index in [1.54, 1.807) is 6.33 Å². The summed E-state index contributed by atoms with van der Waals surface area (Å²) in [5.74, 6) is 2.52. The molecule has 1 fully saturated rings. The Morgan fingerprint density at radius 2 is 2.00 bits per heavy atom. The van der Waals surface area contributed by atoms with Crippen LogP contribution >= 0.6 is 0 Å². The second-order valence-electron chi connectivity index (χ2n) is 7.70. The summed E-state index contributed by atoms with van der Waals surface area (Å²) >= 11 is 0. The summed E-state index contributed by atoms with van der Waals surface area (Å²) in [5.41, 5.74) is 3.37. The van der Waals surface area contributed by atoms with E-state index < -0.39 is 0 Å². The van der Waals surface area contributed by atoms with E-state index in [-0.39, 0.29) is 6.04 Å². The van der Waals surface area contributed by atoms with Gasteiger partial charge in [-0.1, -0.05) is 42.8 Å². The topological polar surface area (TPSA) is 53.9 Å². The van der Waals surface area contributed by atoms with Gasteiger partial charge in [0.2, 0.25) is 0 Å². The number of anilines is 2. The minimum Gasteiger partial charge on any atom is -0.357 e. The molecule has 0 saturated carbocycles. The number of aromatic nitrogens is 3. The van der Waals surface area contributed by atoms with E-state index in [0.717, 1.165) is 30.4 Å². The van der Waals surface area contributed by atoms with Crippen LogP contribution in [-0.4, -0.2) is 28.0 Å². The van der Waals surface area contributed by atoms with Gasteiger partial charge in [-0.05, 0) is 43.4 Å². The molecule has 0 radical (unpaired) electrons. The van der Waals surface area contributed by atoms with E-state index in [1.807, 2.05) is 18.3 Å². The summed E-state index contributed by atoms with van der Waals surface area (Å²) in [6.07, 6.45) is 6.00. The average molecular weight is 374 g/mol. The van der Waals surface area contributed by atoms with E-state index >= 15 is 0 Å². The summed E-state index contributed by atoms with van der Waals surface area (Å²) in [6, 6.07) is 16.5. The maximum atomic E-state index is 4.59. The molecule has 5 nitrogen and oxygen atoms in total. The Bertz CT molecular complexity index is 912. The van der Waals surface area contributed by atoms with Crippen molar-refractivity contribution in [3.8, 4) is 0 Å². The molecule has 1 aliphatic rings. The largest absolute Gasteiger partial charge is 0.357 e. The van der Waals surface area contributed by atoms with Crippen LogP contribution in [0.4, 0.5) is 11.6 Å². The van der Waals surface area contributed by atoms with E-state index in [1.165, 1.54) is 24.0 Å². The Labute approximate surface area is 166 Å². The number of benzene rings is 1. The molecule has 28 heavy (non-hydrogen) atoms. The molecule has 1 aliphatic heterocycles. The van der Waals surface area contributed by atoms with Gasteiger partial charge in [-0.2, -0.15) is 0 Å². The van der Waals surface area contributed by atoms with E-state index in [2.05, 4.69) is 75.4 Å². The van der Waals surface area contributed by atoms with Crippen molar-refractivity contribution in [2.24, 2.45) is 5.92 Å². The highest BCUT2D eigenvalue weighted by Crippen LogP contribution is 2.27. The van der Waals surface area contributed by atoms with Gasteiger partial charge in [0.15, 0.2) is 0 Å². The minimum absolute atomic E-state index is 0.0656. The third-order valence-electron chi connectivity index (χ3n) is 5.28. The van der Waals surface area contributed by atoms with Crippen molar-refractivity contribution in [2.75, 3.05) is 23.3 Å². The quantitative estimate of drug-likeness (QED) is 0.707. The monoisotopic (exact) mass is 373 g/mol. The lowest BCUT2D eigenvalue weighted by molar-refractivity contribution is 0.444. The summed E-state index contributed by atoms with van der Waals surface area (Å²) in [5, 5.41) is 3.59. The Morgan fingerprint density at radius 3 is 2.79 bits per heavy atom. The van der Waals surface area contributed by atoms with Crippen molar-refractivity contribution >= 4 is 11.6 Å². The van der Waals surface area contributed by atoms with Crippen LogP contribution < -0.4 is 10.2 Å². The van der Waals surface area contributed by atoms with Gasteiger partial charge in [-0.3, -0.25) is 4.98 Å². The van der Waals surface area contributed by atoms with Crippen LogP contribution in [0.1, 0.15) is 42.6 Å². The zero-order valence-corrected chi connectivity index (χ0v) is 16.5. The van der Waals surface area contributed by atoms with Gasteiger partial charge in [0, 0.05) is 25.4 Å². The molecule has 1 saturated heterocycles. The summed E-state index contributed by atoms with van der Waals surface area (Å²) < 4.78 is 0. The van der Waals surface area contributed by atoms with Gasteiger partial charge in [-0.25, -0.2) is 9.97 Å². The highest BCUT2D eigenvalue weighted by Gasteiger charge is 2.20. The van der Waals surface area contributed by atoms with Gasteiger partial charge in [-0.15, -0.1) is 0 Å². The van der Waals surface area contributed by atoms with Gasteiger partial charge in [0.25, 0.3) is 0 Å². The number of nitrogens with zero attached hydrogens (tertiary/aromatic N) is 4. The van der Waals surface area contributed by atoms with Crippen molar-refractivity contribution in [1.29, 1.82) is 0 Å². The number of piperidine rings is 1. The van der Waals surface area contributed by atoms with Gasteiger partial charge in [0.1, 0.15) is 18.0 Å². The first-order valence-electron chi connectivity index (χ1n) is 10.00. The maximum Gasteiger partial charge on any atom is 0.134 e. The van der Waals surface area contributed by atoms with Crippen LogP contribution in [0.25, 0.3) is 0 Å². The zero-order valence-electron chi connectivity index (χ0n) is 16.5. The Hall–Kier alpha value is -2.95. The molecule has 5 heteroatoms. The van der Waals surface area contributed by atoms with Crippen molar-refractivity contribution in [1.82, 2.24) is 15.0 Å². The molecule has 3 aromatic rings. The van der Waals surface area contributed by atoms with Gasteiger partial charge >= 0.3 is 0 Å². The molecule has 0 amide bonds. The number of aryl methyl sites for hydroxylation is 1. The molecule has 144 valence electrons. The van der Waals surface area contributed by atoms with Crippen LogP contribution in [0, 0.1) is 12.8 Å². The molecule has 1 N–H and O–H groups in total. The molecule has 0 aliphatic carbocycles. The number of nitrogens with one attached hydrogen (secondary N) is 1. The summed E-state index contributed by atoms with van der Waals surface area (Å²) in [6.45, 7) is 6.53. The molecule has 2 unspecified atom stereocenters. The zero-order chi connectivity index (χ0) is 19.3. The minimum atomic E-state index is -0.0656. The van der Waals surface area contributed by atoms with Crippen molar-refractivity contribution < 1.29 is 0 Å². The van der Waals surface area contributed by atoms with Crippen molar-refractivity contribution in [3.05, 3.63) is 77.9 Å². The number of hydrogen-bond donors (Lipinski definition) is 1. The highest BCUT2D eigenvalue weighted by atomic mass is 15.2. The highest BCUT2D eigenvalue weighted by molar-refractivity contribution is 5.51. The molecular formula is C23H27N5. The second-order valence-corrected chi connectivity index (χ2v) is 7.70. The lowest BCUT2D eigenvalue weighted by Gasteiger charge is -2.32. The Kier molecular flexibility index (Phi) is 5.51. The predicted molar refractivity (Wildman–Crippen MR) is 114 cm³/mol. The third kappa shape index (κ3) is 4.30. The molecule has 3 heterocycles. The van der Waals surface area contributed by atoms with E-state index in [0.29, 0.717) is 5.92 Å². The maximum absolute atomic E-state index is 4.59. The first-order chi connectivity index (χ1) is 13.7. The van der Waals surface area contributed by atoms with Gasteiger partial charge < -0.3 is 10.2 Å². The molecular weight excluding hydrogens is 346 g/mol. The predicted octanol–water partition coefficient (Wildman–Crippen LogP) is 4.62. The summed E-state index contributed by atoms with van der Waals surface area (Å²) in [4.78, 5) is 16.0. The van der Waals surface area contributed by atoms with Crippen LogP contribution in [0.15, 0.2) is 61.1 Å². The smallest absolute Gasteiger partial charge is 0.134 e. The fourth-order valence-corrected chi connectivity index (χ4v) is 3.87. The average Bonchev–Trinajstić information content (AvgIpc) is 2.73.